The second-order valence-electron chi connectivity index (χ2n) is 10.8. The molecular weight excluding hydrogens is 510 g/mol. The van der Waals surface area contributed by atoms with Gasteiger partial charge in [-0.3, -0.25) is 4.57 Å². The molecule has 0 atom stereocenters. The third kappa shape index (κ3) is 3.31. The highest BCUT2D eigenvalue weighted by molar-refractivity contribution is 6.26. The van der Waals surface area contributed by atoms with Crippen LogP contribution in [0.3, 0.4) is 0 Å². The summed E-state index contributed by atoms with van der Waals surface area (Å²) in [7, 11) is 0. The first-order valence-corrected chi connectivity index (χ1v) is 14.3. The van der Waals surface area contributed by atoms with Gasteiger partial charge in [-0.05, 0) is 70.4 Å². The van der Waals surface area contributed by atoms with E-state index in [0.29, 0.717) is 0 Å². The molecule has 3 nitrogen and oxygen atoms in total. The lowest BCUT2D eigenvalue weighted by Crippen LogP contribution is -1.97. The number of para-hydroxylation sites is 3. The van der Waals surface area contributed by atoms with E-state index in [9.17, 15) is 0 Å². The standard InChI is InChI=1S/C39H25N3/c1-3-10-28(11-4-1)39-40-33-15-7-8-16-34(33)42(39)30-21-18-26(19-22-30)31-24-25-36-38-32(31)23-20-27-12-9-17-35(37(27)38)41(36)29-13-5-2-6-14-29/h1-25H. The van der Waals surface area contributed by atoms with E-state index in [1.165, 1.54) is 49.4 Å². The minimum absolute atomic E-state index is 0.949. The second-order valence-corrected chi connectivity index (χ2v) is 10.8. The fraction of sp³-hybridized carbons (Fsp3) is 0. The number of rotatable bonds is 4. The number of hydrogen-bond donors (Lipinski definition) is 0. The van der Waals surface area contributed by atoms with Crippen LogP contribution in [0, 0.1) is 0 Å². The van der Waals surface area contributed by atoms with Crippen LogP contribution < -0.4 is 0 Å². The zero-order valence-corrected chi connectivity index (χ0v) is 22.8. The summed E-state index contributed by atoms with van der Waals surface area (Å²) >= 11 is 0. The summed E-state index contributed by atoms with van der Waals surface area (Å²) < 4.78 is 4.66. The van der Waals surface area contributed by atoms with Crippen molar-refractivity contribution in [2.45, 2.75) is 0 Å². The van der Waals surface area contributed by atoms with E-state index < -0.39 is 0 Å². The maximum Gasteiger partial charge on any atom is 0.145 e. The molecule has 0 amide bonds. The smallest absolute Gasteiger partial charge is 0.145 e. The fourth-order valence-corrected chi connectivity index (χ4v) is 6.65. The third-order valence-electron chi connectivity index (χ3n) is 8.50. The number of benzene rings is 7. The van der Waals surface area contributed by atoms with Crippen LogP contribution in [0.1, 0.15) is 0 Å². The van der Waals surface area contributed by atoms with Crippen molar-refractivity contribution in [3.05, 3.63) is 152 Å². The van der Waals surface area contributed by atoms with Crippen molar-refractivity contribution in [3.63, 3.8) is 0 Å². The number of nitrogens with zero attached hydrogens (tertiary/aromatic N) is 3. The third-order valence-corrected chi connectivity index (χ3v) is 8.50. The summed E-state index contributed by atoms with van der Waals surface area (Å²) in [6.45, 7) is 0. The van der Waals surface area contributed by atoms with Gasteiger partial charge < -0.3 is 4.57 Å². The Bertz CT molecular complexity index is 2380. The normalized spacial score (nSPS) is 11.8. The average molecular weight is 536 g/mol. The topological polar surface area (TPSA) is 22.8 Å². The van der Waals surface area contributed by atoms with E-state index >= 15 is 0 Å². The largest absolute Gasteiger partial charge is 0.309 e. The highest BCUT2D eigenvalue weighted by Crippen LogP contribution is 2.42. The zero-order chi connectivity index (χ0) is 27.6. The molecule has 0 aliphatic carbocycles. The number of aromatic nitrogens is 3. The van der Waals surface area contributed by atoms with Crippen molar-refractivity contribution in [3.8, 4) is 33.9 Å². The monoisotopic (exact) mass is 535 g/mol. The molecule has 2 aromatic heterocycles. The van der Waals surface area contributed by atoms with Gasteiger partial charge in [-0.25, -0.2) is 4.98 Å². The van der Waals surface area contributed by atoms with Gasteiger partial charge in [0.1, 0.15) is 5.82 Å². The Balaban J connectivity index is 1.23. The van der Waals surface area contributed by atoms with E-state index in [-0.39, 0.29) is 0 Å². The molecule has 196 valence electrons. The minimum atomic E-state index is 0.949. The summed E-state index contributed by atoms with van der Waals surface area (Å²) in [5.74, 6) is 0.949. The van der Waals surface area contributed by atoms with Crippen molar-refractivity contribution >= 4 is 43.6 Å². The van der Waals surface area contributed by atoms with Crippen LogP contribution in [0.2, 0.25) is 0 Å². The van der Waals surface area contributed by atoms with E-state index in [1.54, 1.807) is 0 Å². The molecule has 0 unspecified atom stereocenters. The molecule has 0 aliphatic heterocycles. The molecule has 9 rings (SSSR count). The summed E-state index contributed by atoms with van der Waals surface area (Å²) in [6, 6.07) is 54.1. The molecule has 9 aromatic rings. The van der Waals surface area contributed by atoms with E-state index in [4.69, 9.17) is 4.98 Å². The van der Waals surface area contributed by atoms with Gasteiger partial charge in [0, 0.05) is 27.7 Å². The summed E-state index contributed by atoms with van der Waals surface area (Å²) in [5.41, 5.74) is 10.4. The first-order valence-electron chi connectivity index (χ1n) is 14.3. The van der Waals surface area contributed by atoms with E-state index in [1.807, 2.05) is 12.1 Å². The highest BCUT2D eigenvalue weighted by Gasteiger charge is 2.19. The second kappa shape index (κ2) is 8.92. The molecule has 0 saturated carbocycles. The van der Waals surface area contributed by atoms with Gasteiger partial charge in [0.05, 0.1) is 22.1 Å². The predicted molar refractivity (Wildman–Crippen MR) is 175 cm³/mol. The lowest BCUT2D eigenvalue weighted by Gasteiger charge is -2.13. The number of hydrogen-bond acceptors (Lipinski definition) is 1. The molecule has 3 heteroatoms. The highest BCUT2D eigenvalue weighted by atomic mass is 15.1. The number of fused-ring (bicyclic) bond motifs is 1. The van der Waals surface area contributed by atoms with Crippen LogP contribution in [0.15, 0.2) is 152 Å². The van der Waals surface area contributed by atoms with Gasteiger partial charge in [-0.2, -0.15) is 0 Å². The van der Waals surface area contributed by atoms with Crippen molar-refractivity contribution in [1.82, 2.24) is 14.1 Å². The van der Waals surface area contributed by atoms with Crippen LogP contribution in [-0.2, 0) is 0 Å². The molecule has 0 fully saturated rings. The van der Waals surface area contributed by atoms with Gasteiger partial charge in [-0.1, -0.05) is 103 Å². The summed E-state index contributed by atoms with van der Waals surface area (Å²) in [4.78, 5) is 5.02. The van der Waals surface area contributed by atoms with Crippen LogP contribution in [0.4, 0.5) is 0 Å². The Morgan fingerprint density at radius 1 is 0.405 bits per heavy atom. The van der Waals surface area contributed by atoms with Crippen LogP contribution in [0.5, 0.6) is 0 Å². The van der Waals surface area contributed by atoms with Crippen LogP contribution in [-0.4, -0.2) is 14.1 Å². The van der Waals surface area contributed by atoms with Crippen molar-refractivity contribution in [2.75, 3.05) is 0 Å². The van der Waals surface area contributed by atoms with Gasteiger partial charge in [0.15, 0.2) is 0 Å². The summed E-state index contributed by atoms with van der Waals surface area (Å²) in [5, 5.41) is 5.19. The van der Waals surface area contributed by atoms with Crippen LogP contribution >= 0.6 is 0 Å². The zero-order valence-electron chi connectivity index (χ0n) is 22.8. The predicted octanol–water partition coefficient (Wildman–Crippen LogP) is 10.0. The first-order chi connectivity index (χ1) is 20.8. The Kier molecular flexibility index (Phi) is 4.90. The SMILES string of the molecule is c1ccc(-c2nc3ccccc3n2-c2ccc(-c3ccc4c5c3ccc3cccc(c35)n4-c3ccccc3)cc2)cc1. The van der Waals surface area contributed by atoms with Crippen molar-refractivity contribution in [1.29, 1.82) is 0 Å². The Hall–Kier alpha value is -5.67. The Morgan fingerprint density at radius 2 is 1.10 bits per heavy atom. The lowest BCUT2D eigenvalue weighted by atomic mass is 9.94. The van der Waals surface area contributed by atoms with E-state index in [0.717, 1.165) is 28.1 Å². The van der Waals surface area contributed by atoms with Gasteiger partial charge in [0.2, 0.25) is 0 Å². The lowest BCUT2D eigenvalue weighted by molar-refractivity contribution is 1.10. The molecular formula is C39H25N3. The summed E-state index contributed by atoms with van der Waals surface area (Å²) in [6.07, 6.45) is 0. The molecule has 7 aromatic carbocycles. The van der Waals surface area contributed by atoms with E-state index in [2.05, 4.69) is 149 Å². The van der Waals surface area contributed by atoms with Crippen molar-refractivity contribution in [2.24, 2.45) is 0 Å². The maximum atomic E-state index is 5.02. The number of imidazole rings is 1. The molecule has 0 radical (unpaired) electrons. The van der Waals surface area contributed by atoms with Gasteiger partial charge >= 0.3 is 0 Å². The molecule has 0 N–H and O–H groups in total. The molecule has 0 spiro atoms. The fourth-order valence-electron chi connectivity index (χ4n) is 6.65. The molecule has 0 saturated heterocycles. The van der Waals surface area contributed by atoms with Gasteiger partial charge in [0.25, 0.3) is 0 Å². The maximum absolute atomic E-state index is 5.02. The molecule has 0 aliphatic rings. The minimum Gasteiger partial charge on any atom is -0.309 e. The molecule has 2 heterocycles. The molecule has 0 bridgehead atoms. The first kappa shape index (κ1) is 23.1. The Labute approximate surface area is 242 Å². The quantitative estimate of drug-likeness (QED) is 0.206. The van der Waals surface area contributed by atoms with Gasteiger partial charge in [-0.15, -0.1) is 0 Å². The average Bonchev–Trinajstić information content (AvgIpc) is 3.62. The molecule has 42 heavy (non-hydrogen) atoms. The Morgan fingerprint density at radius 3 is 1.93 bits per heavy atom. The van der Waals surface area contributed by atoms with Crippen molar-refractivity contribution < 1.29 is 0 Å². The van der Waals surface area contributed by atoms with Crippen LogP contribution in [0.25, 0.3) is 77.5 Å².